The lowest BCUT2D eigenvalue weighted by Gasteiger charge is -2.24. The zero-order chi connectivity index (χ0) is 27.6. The molecule has 4 rings (SSSR count). The van der Waals surface area contributed by atoms with Gasteiger partial charge in [0.25, 0.3) is 0 Å². The predicted octanol–water partition coefficient (Wildman–Crippen LogP) is 5.77. The second-order valence-electron chi connectivity index (χ2n) is 10.9. The van der Waals surface area contributed by atoms with Crippen molar-refractivity contribution in [1.29, 1.82) is 0 Å². The summed E-state index contributed by atoms with van der Waals surface area (Å²) in [4.78, 5) is 28.3. The first-order valence-electron chi connectivity index (χ1n) is 12.7. The van der Waals surface area contributed by atoms with Crippen LogP contribution in [0.2, 0.25) is 5.02 Å². The van der Waals surface area contributed by atoms with Crippen LogP contribution in [0.25, 0.3) is 5.69 Å². The highest BCUT2D eigenvalue weighted by Gasteiger charge is 2.40. The molecule has 0 aliphatic carbocycles. The number of thioether (sulfide) groups is 1. The number of hydrogen-bond acceptors (Lipinski definition) is 5. The Bertz CT molecular complexity index is 1310. The molecule has 1 aromatic heterocycles. The van der Waals surface area contributed by atoms with E-state index in [9.17, 15) is 9.59 Å². The molecule has 0 spiro atoms. The number of hydrogen-bond donors (Lipinski definition) is 1. The van der Waals surface area contributed by atoms with Gasteiger partial charge < -0.3 is 10.1 Å². The van der Waals surface area contributed by atoms with Crippen LogP contribution in [0.4, 0.5) is 5.82 Å². The van der Waals surface area contributed by atoms with Crippen LogP contribution in [0.5, 0.6) is 5.75 Å². The van der Waals surface area contributed by atoms with Crippen molar-refractivity contribution in [2.45, 2.75) is 45.3 Å². The molecule has 1 aliphatic heterocycles. The third-order valence-corrected chi connectivity index (χ3v) is 7.77. The van der Waals surface area contributed by atoms with Gasteiger partial charge in [-0.15, -0.1) is 11.8 Å². The number of carbonyl (C=O) groups is 2. The molecule has 1 N–H and O–H groups in total. The Labute approximate surface area is 233 Å². The van der Waals surface area contributed by atoms with Gasteiger partial charge in [0.2, 0.25) is 11.8 Å². The summed E-state index contributed by atoms with van der Waals surface area (Å²) < 4.78 is 7.16. The first kappa shape index (κ1) is 28.0. The molecule has 7 nitrogen and oxygen atoms in total. The van der Waals surface area contributed by atoms with E-state index < -0.39 is 0 Å². The van der Waals surface area contributed by atoms with Gasteiger partial charge in [0.15, 0.2) is 0 Å². The summed E-state index contributed by atoms with van der Waals surface area (Å²) >= 11 is 7.94. The summed E-state index contributed by atoms with van der Waals surface area (Å²) in [6.07, 6.45) is 0. The predicted molar refractivity (Wildman–Crippen MR) is 155 cm³/mol. The van der Waals surface area contributed by atoms with E-state index in [1.165, 1.54) is 11.8 Å². The molecular weight excluding hydrogens is 520 g/mol. The van der Waals surface area contributed by atoms with Gasteiger partial charge in [-0.2, -0.15) is 5.10 Å². The van der Waals surface area contributed by atoms with Gasteiger partial charge in [-0.1, -0.05) is 58.4 Å². The number of benzene rings is 2. The molecule has 3 aromatic rings. The van der Waals surface area contributed by atoms with E-state index >= 15 is 0 Å². The lowest BCUT2D eigenvalue weighted by atomic mass is 9.87. The molecule has 38 heavy (non-hydrogen) atoms. The average Bonchev–Trinajstić information content (AvgIpc) is 3.20. The number of anilines is 1. The van der Waals surface area contributed by atoms with Crippen LogP contribution in [0.3, 0.4) is 0 Å². The van der Waals surface area contributed by atoms with Crippen molar-refractivity contribution >= 4 is 41.0 Å². The molecule has 0 bridgehead atoms. The molecule has 1 atom stereocenters. The molecular formula is C29H35ClN4O3S. The van der Waals surface area contributed by atoms with E-state index in [2.05, 4.69) is 26.1 Å². The van der Waals surface area contributed by atoms with Gasteiger partial charge >= 0.3 is 0 Å². The Balaban J connectivity index is 1.96. The second-order valence-corrected chi connectivity index (χ2v) is 12.4. The maximum absolute atomic E-state index is 13.7. The van der Waals surface area contributed by atoms with E-state index in [4.69, 9.17) is 21.4 Å². The van der Waals surface area contributed by atoms with Gasteiger partial charge in [-0.05, 0) is 47.9 Å². The minimum Gasteiger partial charge on any atom is -0.497 e. The number of rotatable bonds is 7. The maximum Gasteiger partial charge on any atom is 0.240 e. The summed E-state index contributed by atoms with van der Waals surface area (Å²) in [5, 5.41) is 8.49. The number of fused-ring (bicyclic) bond motifs is 1. The summed E-state index contributed by atoms with van der Waals surface area (Å²) in [5.41, 5.74) is 3.21. The first-order valence-corrected chi connectivity index (χ1v) is 14.1. The number of nitrogens with zero attached hydrogens (tertiary/aromatic N) is 3. The highest BCUT2D eigenvalue weighted by atomic mass is 35.5. The molecule has 2 amide bonds. The van der Waals surface area contributed by atoms with Crippen molar-refractivity contribution in [3.63, 3.8) is 0 Å². The summed E-state index contributed by atoms with van der Waals surface area (Å²) in [6, 6.07) is 15.3. The SMILES string of the molecule is COc1ccc(-n2nc(C(C)(C)C)c3c2N(CC(=O)NCC(C)C)C(=O)CS[C@H]3c2cccc(Cl)c2)cc1. The normalized spacial score (nSPS) is 15.8. The van der Waals surface area contributed by atoms with Crippen molar-refractivity contribution in [3.8, 4) is 11.4 Å². The standard InChI is InChI=1S/C29H35ClN4O3S/c1-18(2)15-31-23(35)16-33-24(36)17-38-26(19-8-7-9-20(30)14-19)25-27(29(3,4)5)32-34(28(25)33)21-10-12-22(37-6)13-11-21/h7-14,18,26H,15-17H2,1-6H3,(H,31,35)/t26-/m0/s1. The van der Waals surface area contributed by atoms with Crippen LogP contribution in [0.1, 0.15) is 56.7 Å². The fourth-order valence-electron chi connectivity index (χ4n) is 4.43. The lowest BCUT2D eigenvalue weighted by molar-refractivity contribution is -0.123. The minimum atomic E-state index is -0.335. The quantitative estimate of drug-likeness (QED) is 0.401. The van der Waals surface area contributed by atoms with Gasteiger partial charge in [0.05, 0.1) is 29.5 Å². The van der Waals surface area contributed by atoms with Crippen molar-refractivity contribution in [3.05, 3.63) is 70.4 Å². The maximum atomic E-state index is 13.7. The number of halogens is 1. The summed E-state index contributed by atoms with van der Waals surface area (Å²) in [7, 11) is 1.62. The molecule has 0 fully saturated rings. The van der Waals surface area contributed by atoms with Gasteiger partial charge in [-0.3, -0.25) is 14.5 Å². The Morgan fingerprint density at radius 1 is 1.21 bits per heavy atom. The number of methoxy groups -OCH3 is 1. The van der Waals surface area contributed by atoms with Crippen LogP contribution in [-0.4, -0.2) is 47.5 Å². The van der Waals surface area contributed by atoms with Crippen molar-refractivity contribution in [2.24, 2.45) is 5.92 Å². The fraction of sp³-hybridized carbons (Fsp3) is 0.414. The molecule has 2 heterocycles. The van der Waals surface area contributed by atoms with E-state index in [1.54, 1.807) is 16.7 Å². The van der Waals surface area contributed by atoms with Crippen molar-refractivity contribution in [1.82, 2.24) is 15.1 Å². The fourth-order valence-corrected chi connectivity index (χ4v) is 5.81. The Morgan fingerprint density at radius 2 is 1.92 bits per heavy atom. The van der Waals surface area contributed by atoms with Crippen LogP contribution in [0, 0.1) is 5.92 Å². The largest absolute Gasteiger partial charge is 0.497 e. The average molecular weight is 555 g/mol. The highest BCUT2D eigenvalue weighted by Crippen LogP contribution is 2.48. The zero-order valence-electron chi connectivity index (χ0n) is 22.7. The van der Waals surface area contributed by atoms with E-state index in [-0.39, 0.29) is 34.8 Å². The smallest absolute Gasteiger partial charge is 0.240 e. The Morgan fingerprint density at radius 3 is 2.53 bits per heavy atom. The van der Waals surface area contributed by atoms with Crippen molar-refractivity contribution < 1.29 is 14.3 Å². The van der Waals surface area contributed by atoms with E-state index in [0.717, 1.165) is 28.3 Å². The van der Waals surface area contributed by atoms with Crippen LogP contribution < -0.4 is 15.0 Å². The number of ether oxygens (including phenoxy) is 1. The Kier molecular flexibility index (Phi) is 8.43. The number of amides is 2. The number of carbonyl (C=O) groups excluding carboxylic acids is 2. The zero-order valence-corrected chi connectivity index (χ0v) is 24.3. The van der Waals surface area contributed by atoms with E-state index in [1.807, 2.05) is 62.4 Å². The highest BCUT2D eigenvalue weighted by molar-refractivity contribution is 8.00. The van der Waals surface area contributed by atoms with Crippen LogP contribution in [0.15, 0.2) is 48.5 Å². The summed E-state index contributed by atoms with van der Waals surface area (Å²) in [5.74, 6) is 1.50. The molecule has 0 radical (unpaired) electrons. The molecule has 0 unspecified atom stereocenters. The first-order chi connectivity index (χ1) is 18.0. The third kappa shape index (κ3) is 6.02. The number of aromatic nitrogens is 2. The summed E-state index contributed by atoms with van der Waals surface area (Å²) in [6.45, 7) is 10.9. The molecule has 202 valence electrons. The van der Waals surface area contributed by atoms with Crippen LogP contribution in [-0.2, 0) is 15.0 Å². The lowest BCUT2D eigenvalue weighted by Crippen LogP contribution is -2.43. The molecule has 2 aromatic carbocycles. The minimum absolute atomic E-state index is 0.0905. The molecule has 0 saturated carbocycles. The number of nitrogens with one attached hydrogen (secondary N) is 1. The second kappa shape index (κ2) is 11.4. The Hall–Kier alpha value is -2.97. The third-order valence-electron chi connectivity index (χ3n) is 6.28. The van der Waals surface area contributed by atoms with Crippen LogP contribution >= 0.6 is 23.4 Å². The van der Waals surface area contributed by atoms with Gasteiger partial charge in [0, 0.05) is 22.5 Å². The van der Waals surface area contributed by atoms with Gasteiger partial charge in [-0.25, -0.2) is 4.68 Å². The van der Waals surface area contributed by atoms with E-state index in [0.29, 0.717) is 23.3 Å². The van der Waals surface area contributed by atoms with Crippen molar-refractivity contribution in [2.75, 3.05) is 30.9 Å². The molecule has 0 saturated heterocycles. The molecule has 9 heteroatoms. The molecule has 1 aliphatic rings. The monoisotopic (exact) mass is 554 g/mol. The van der Waals surface area contributed by atoms with Gasteiger partial charge in [0.1, 0.15) is 18.1 Å². The topological polar surface area (TPSA) is 76.5 Å².